The Morgan fingerprint density at radius 1 is 0.593 bits per heavy atom. The van der Waals surface area contributed by atoms with Crippen LogP contribution in [0.3, 0.4) is 0 Å². The normalized spacial score (nSPS) is 18.5. The van der Waals surface area contributed by atoms with Crippen molar-refractivity contribution < 1.29 is 18.4 Å². The predicted octanol–water partition coefficient (Wildman–Crippen LogP) is 12.8. The molecule has 0 radical (unpaired) electrons. The van der Waals surface area contributed by atoms with Crippen molar-refractivity contribution in [3.8, 4) is 21.3 Å². The molecule has 6 nitrogen and oxygen atoms in total. The van der Waals surface area contributed by atoms with E-state index in [1.165, 1.54) is 0 Å². The van der Waals surface area contributed by atoms with Gasteiger partial charge in [-0.2, -0.15) is 0 Å². The second kappa shape index (κ2) is 15.8. The number of carbonyl (C=O) groups is 2. The summed E-state index contributed by atoms with van der Waals surface area (Å²) in [5, 5.41) is 2.12. The van der Waals surface area contributed by atoms with Gasteiger partial charge in [0.1, 0.15) is 22.7 Å². The summed E-state index contributed by atoms with van der Waals surface area (Å²) in [4.78, 5) is 38.4. The molecule has 2 aromatic carbocycles. The van der Waals surface area contributed by atoms with Gasteiger partial charge in [-0.25, -0.2) is 0 Å². The fraction of sp³-hybridized carbons (Fsp3) is 0.391. The number of nitrogens with zero attached hydrogens (tertiary/aromatic N) is 2. The number of unbranched alkanes of at least 4 members (excludes halogenated alkanes) is 2. The van der Waals surface area contributed by atoms with Crippen molar-refractivity contribution in [3.63, 3.8) is 0 Å². The van der Waals surface area contributed by atoms with Crippen LogP contribution in [-0.4, -0.2) is 34.7 Å². The summed E-state index contributed by atoms with van der Waals surface area (Å²) in [5.74, 6) is 2.34. The van der Waals surface area contributed by atoms with Gasteiger partial charge in [0.15, 0.2) is 0 Å². The minimum Gasteiger partial charge on any atom is -0.455 e. The van der Waals surface area contributed by atoms with Gasteiger partial charge >= 0.3 is 0 Å². The molecular formula is C46H50N2O4S2. The Morgan fingerprint density at radius 2 is 1.02 bits per heavy atom. The molecule has 0 fully saturated rings. The molecule has 6 aromatic rings. The molecule has 6 heterocycles. The first-order chi connectivity index (χ1) is 26.4. The number of fused-ring (bicyclic) bond motifs is 2. The zero-order chi connectivity index (χ0) is 37.3. The quantitative estimate of drug-likeness (QED) is 0.0986. The average Bonchev–Trinajstić information content (AvgIpc) is 4.05. The lowest BCUT2D eigenvalue weighted by Gasteiger charge is -2.35. The Morgan fingerprint density at radius 3 is 1.41 bits per heavy atom. The van der Waals surface area contributed by atoms with Gasteiger partial charge in [0.25, 0.3) is 11.8 Å². The van der Waals surface area contributed by atoms with Crippen LogP contribution >= 0.6 is 22.7 Å². The summed E-state index contributed by atoms with van der Waals surface area (Å²) in [6.45, 7) is 10.2. The van der Waals surface area contributed by atoms with Crippen LogP contribution in [0.15, 0.2) is 105 Å². The highest BCUT2D eigenvalue weighted by Gasteiger charge is 2.55. The monoisotopic (exact) mass is 758 g/mol. The van der Waals surface area contributed by atoms with E-state index in [0.717, 1.165) is 104 Å². The molecule has 0 N–H and O–H groups in total. The van der Waals surface area contributed by atoms with Crippen LogP contribution in [0.4, 0.5) is 0 Å². The van der Waals surface area contributed by atoms with Gasteiger partial charge in [0.05, 0.1) is 33.0 Å². The molecule has 4 aromatic heterocycles. The largest absolute Gasteiger partial charge is 0.455 e. The number of thiophene rings is 2. The smallest absolute Gasteiger partial charge is 0.253 e. The predicted molar refractivity (Wildman–Crippen MR) is 222 cm³/mol. The number of furan rings is 2. The van der Waals surface area contributed by atoms with Crippen LogP contribution in [0.5, 0.6) is 0 Å². The SMILES string of the molecule is CCCCC(CC)CN1C(=O)C2=C(C(=O)N(CC(CC)CCCC)C2c2ccc(-c3cc4ccccc4o3)s2)C1c1ccc(-c2cc3ccccc3o2)s1. The summed E-state index contributed by atoms with van der Waals surface area (Å²) >= 11 is 3.27. The minimum absolute atomic E-state index is 0.00443. The highest BCUT2D eigenvalue weighted by Crippen LogP contribution is 2.54. The summed E-state index contributed by atoms with van der Waals surface area (Å²) in [6.07, 6.45) is 8.58. The molecule has 2 aliphatic heterocycles. The third-order valence-electron chi connectivity index (χ3n) is 11.6. The van der Waals surface area contributed by atoms with E-state index in [9.17, 15) is 0 Å². The second-order valence-corrected chi connectivity index (χ2v) is 17.3. The number of para-hydroxylation sites is 2. The maximum atomic E-state index is 15.1. The third-order valence-corrected chi connectivity index (χ3v) is 13.9. The molecule has 8 heteroatoms. The van der Waals surface area contributed by atoms with Crippen LogP contribution in [0.25, 0.3) is 43.2 Å². The molecule has 4 unspecified atom stereocenters. The standard InChI is InChI=1S/C46H50N2O4S2/c1-5-9-15-29(7-3)27-47-43(39-23-21-37(53-39)35-25-31-17-11-13-19-33(31)51-35)41-42(45(47)49)44(48(46(41)50)28-30(8-4)16-10-6-2)40-24-22-38(54-40)36-26-32-18-12-14-20-34(32)52-36/h11-14,17-26,29-30,43-44H,5-10,15-16,27-28H2,1-4H3. The lowest BCUT2D eigenvalue weighted by atomic mass is 9.96. The van der Waals surface area contributed by atoms with Crippen molar-refractivity contribution in [2.75, 3.05) is 13.1 Å². The minimum atomic E-state index is -0.433. The molecule has 54 heavy (non-hydrogen) atoms. The molecule has 2 amide bonds. The topological polar surface area (TPSA) is 66.9 Å². The van der Waals surface area contributed by atoms with Crippen LogP contribution < -0.4 is 0 Å². The van der Waals surface area contributed by atoms with E-state index in [2.05, 4.69) is 76.2 Å². The van der Waals surface area contributed by atoms with E-state index < -0.39 is 12.1 Å². The Hall–Kier alpha value is -4.40. The van der Waals surface area contributed by atoms with Crippen molar-refractivity contribution in [3.05, 3.63) is 106 Å². The molecule has 0 bridgehead atoms. The number of hydrogen-bond donors (Lipinski definition) is 0. The van der Waals surface area contributed by atoms with Gasteiger partial charge in [0, 0.05) is 33.6 Å². The van der Waals surface area contributed by atoms with Crippen molar-refractivity contribution in [1.29, 1.82) is 0 Å². The van der Waals surface area contributed by atoms with E-state index in [0.29, 0.717) is 36.1 Å². The van der Waals surface area contributed by atoms with E-state index in [-0.39, 0.29) is 11.8 Å². The number of rotatable bonds is 16. The van der Waals surface area contributed by atoms with Crippen molar-refractivity contribution in [2.24, 2.45) is 11.8 Å². The van der Waals surface area contributed by atoms with Crippen molar-refractivity contribution in [1.82, 2.24) is 9.80 Å². The van der Waals surface area contributed by atoms with Crippen LogP contribution in [-0.2, 0) is 9.59 Å². The number of benzene rings is 2. The maximum absolute atomic E-state index is 15.1. The van der Waals surface area contributed by atoms with Crippen molar-refractivity contribution >= 4 is 56.4 Å². The average molecular weight is 759 g/mol. The Labute approximate surface area is 326 Å². The van der Waals surface area contributed by atoms with Crippen molar-refractivity contribution in [2.45, 2.75) is 91.1 Å². The number of hydrogen-bond acceptors (Lipinski definition) is 6. The molecule has 4 atom stereocenters. The van der Waals surface area contributed by atoms with Gasteiger partial charge in [0.2, 0.25) is 0 Å². The Kier molecular flexibility index (Phi) is 10.7. The first-order valence-corrected chi connectivity index (χ1v) is 21.6. The first-order valence-electron chi connectivity index (χ1n) is 20.0. The first kappa shape index (κ1) is 36.6. The number of carbonyl (C=O) groups excluding carboxylic acids is 2. The Balaban J connectivity index is 1.22. The molecule has 280 valence electrons. The van der Waals surface area contributed by atoms with Crippen LogP contribution in [0.2, 0.25) is 0 Å². The van der Waals surface area contributed by atoms with Crippen LogP contribution in [0, 0.1) is 11.8 Å². The molecule has 0 aliphatic carbocycles. The lowest BCUT2D eigenvalue weighted by Crippen LogP contribution is -2.42. The lowest BCUT2D eigenvalue weighted by molar-refractivity contribution is -0.132. The summed E-state index contributed by atoms with van der Waals surface area (Å²) in [6, 6.07) is 27.8. The van der Waals surface area contributed by atoms with Gasteiger partial charge in [-0.15, -0.1) is 22.7 Å². The van der Waals surface area contributed by atoms with E-state index >= 15 is 9.59 Å². The van der Waals surface area contributed by atoms with E-state index in [1.807, 2.05) is 46.2 Å². The summed E-state index contributed by atoms with van der Waals surface area (Å²) < 4.78 is 12.6. The fourth-order valence-corrected chi connectivity index (χ4v) is 10.6. The fourth-order valence-electron chi connectivity index (χ4n) is 8.44. The van der Waals surface area contributed by atoms with E-state index in [4.69, 9.17) is 8.83 Å². The zero-order valence-corrected chi connectivity index (χ0v) is 33.4. The number of amides is 2. The molecule has 0 spiro atoms. The molecule has 8 rings (SSSR count). The van der Waals surface area contributed by atoms with Gasteiger partial charge in [-0.3, -0.25) is 9.59 Å². The molecule has 2 aliphatic rings. The van der Waals surface area contributed by atoms with Gasteiger partial charge < -0.3 is 18.6 Å². The Bertz CT molecular complexity index is 2080. The third kappa shape index (κ3) is 6.77. The highest BCUT2D eigenvalue weighted by atomic mass is 32.1. The second-order valence-electron chi connectivity index (χ2n) is 15.1. The maximum Gasteiger partial charge on any atom is 0.253 e. The summed E-state index contributed by atoms with van der Waals surface area (Å²) in [7, 11) is 0. The molecule has 0 saturated heterocycles. The van der Waals surface area contributed by atoms with Crippen LogP contribution in [0.1, 0.15) is 101 Å². The van der Waals surface area contributed by atoms with Gasteiger partial charge in [-0.1, -0.05) is 103 Å². The summed E-state index contributed by atoms with van der Waals surface area (Å²) in [5.41, 5.74) is 3.03. The highest BCUT2D eigenvalue weighted by molar-refractivity contribution is 7.16. The zero-order valence-electron chi connectivity index (χ0n) is 31.8. The molecule has 0 saturated carbocycles. The molecular weight excluding hydrogens is 709 g/mol. The van der Waals surface area contributed by atoms with E-state index in [1.54, 1.807) is 22.7 Å². The van der Waals surface area contributed by atoms with Gasteiger partial charge in [-0.05, 0) is 73.2 Å².